The van der Waals surface area contributed by atoms with Crippen LogP contribution in [0.15, 0.2) is 18.2 Å². The second-order valence-corrected chi connectivity index (χ2v) is 10.2. The van der Waals surface area contributed by atoms with E-state index >= 15 is 0 Å². The van der Waals surface area contributed by atoms with E-state index in [0.29, 0.717) is 13.0 Å². The van der Waals surface area contributed by atoms with Crippen LogP contribution >= 0.6 is 11.6 Å². The molecule has 128 valence electrons. The Morgan fingerprint density at radius 3 is 2.61 bits per heavy atom. The van der Waals surface area contributed by atoms with Gasteiger partial charge in [-0.2, -0.15) is 0 Å². The lowest BCUT2D eigenvalue weighted by Gasteiger charge is -2.24. The van der Waals surface area contributed by atoms with Crippen LogP contribution in [0.1, 0.15) is 32.8 Å². The van der Waals surface area contributed by atoms with Gasteiger partial charge in [0, 0.05) is 23.7 Å². The van der Waals surface area contributed by atoms with Crippen molar-refractivity contribution in [2.45, 2.75) is 43.6 Å². The molecule has 0 aromatic heterocycles. The van der Waals surface area contributed by atoms with E-state index in [1.807, 2.05) is 0 Å². The minimum Gasteiger partial charge on any atom is -0.341 e. The Bertz CT molecular complexity index is 692. The molecule has 23 heavy (non-hydrogen) atoms. The molecule has 2 rings (SSSR count). The summed E-state index contributed by atoms with van der Waals surface area (Å²) in [5.41, 5.74) is 0.154. The van der Waals surface area contributed by atoms with Crippen LogP contribution in [0.25, 0.3) is 0 Å². The zero-order valence-corrected chi connectivity index (χ0v) is 15.0. The third-order valence-corrected chi connectivity index (χ3v) is 7.50. The van der Waals surface area contributed by atoms with Crippen molar-refractivity contribution in [3.8, 4) is 0 Å². The molecule has 1 aromatic rings. The molecule has 7 heteroatoms. The number of likely N-dealkylation sites (tertiary alicyclic amines) is 1. The van der Waals surface area contributed by atoms with Gasteiger partial charge in [-0.1, -0.05) is 17.7 Å². The molecule has 1 heterocycles. The minimum absolute atomic E-state index is 0.154. The summed E-state index contributed by atoms with van der Waals surface area (Å²) in [5, 5.41) is -0.362. The van der Waals surface area contributed by atoms with Crippen LogP contribution in [-0.4, -0.2) is 42.3 Å². The van der Waals surface area contributed by atoms with Crippen molar-refractivity contribution >= 4 is 27.3 Å². The van der Waals surface area contributed by atoms with E-state index < -0.39 is 25.7 Å². The Morgan fingerprint density at radius 1 is 1.39 bits per heavy atom. The van der Waals surface area contributed by atoms with Crippen molar-refractivity contribution in [2.24, 2.45) is 0 Å². The van der Waals surface area contributed by atoms with Crippen LogP contribution in [0.4, 0.5) is 4.39 Å². The maximum atomic E-state index is 13.8. The van der Waals surface area contributed by atoms with Gasteiger partial charge in [0.15, 0.2) is 9.84 Å². The number of amides is 1. The Balaban J connectivity index is 2.09. The smallest absolute Gasteiger partial charge is 0.227 e. The quantitative estimate of drug-likeness (QED) is 0.831. The van der Waals surface area contributed by atoms with Gasteiger partial charge in [0.1, 0.15) is 5.82 Å². The first-order chi connectivity index (χ1) is 10.5. The number of hydrogen-bond acceptors (Lipinski definition) is 3. The highest BCUT2D eigenvalue weighted by Gasteiger charge is 2.41. The SMILES string of the molecule is CC(C)(C)S(=O)(=O)[C@H]1CCN(C(=O)Cc2c(F)cccc2Cl)C1. The number of benzene rings is 1. The minimum atomic E-state index is -3.33. The van der Waals surface area contributed by atoms with Gasteiger partial charge >= 0.3 is 0 Å². The lowest BCUT2D eigenvalue weighted by Crippen LogP contribution is -2.40. The van der Waals surface area contributed by atoms with Gasteiger partial charge in [0.25, 0.3) is 0 Å². The summed E-state index contributed by atoms with van der Waals surface area (Å²) in [6, 6.07) is 4.27. The van der Waals surface area contributed by atoms with E-state index in [-0.39, 0.29) is 29.5 Å². The first kappa shape index (κ1) is 18.2. The molecule has 0 radical (unpaired) electrons. The van der Waals surface area contributed by atoms with Crippen molar-refractivity contribution in [2.75, 3.05) is 13.1 Å². The Kier molecular flexibility index (Phi) is 5.06. The summed E-state index contributed by atoms with van der Waals surface area (Å²) in [6.07, 6.45) is 0.254. The van der Waals surface area contributed by atoms with E-state index in [1.54, 1.807) is 20.8 Å². The van der Waals surface area contributed by atoms with Crippen molar-refractivity contribution in [3.63, 3.8) is 0 Å². The lowest BCUT2D eigenvalue weighted by molar-refractivity contribution is -0.129. The molecule has 0 aliphatic carbocycles. The van der Waals surface area contributed by atoms with Crippen LogP contribution in [-0.2, 0) is 21.1 Å². The van der Waals surface area contributed by atoms with Gasteiger partial charge in [-0.25, -0.2) is 12.8 Å². The van der Waals surface area contributed by atoms with Crippen molar-refractivity contribution < 1.29 is 17.6 Å². The second-order valence-electron chi connectivity index (χ2n) is 6.78. The van der Waals surface area contributed by atoms with Crippen molar-refractivity contribution in [3.05, 3.63) is 34.6 Å². The summed E-state index contributed by atoms with van der Waals surface area (Å²) >= 11 is 5.93. The fraction of sp³-hybridized carbons (Fsp3) is 0.562. The topological polar surface area (TPSA) is 54.5 Å². The molecule has 1 aliphatic heterocycles. The lowest BCUT2D eigenvalue weighted by atomic mass is 10.1. The third-order valence-electron chi connectivity index (χ3n) is 4.18. The number of hydrogen-bond donors (Lipinski definition) is 0. The predicted molar refractivity (Wildman–Crippen MR) is 88.8 cm³/mol. The average Bonchev–Trinajstić information content (AvgIpc) is 2.92. The number of sulfone groups is 1. The van der Waals surface area contributed by atoms with Crippen LogP contribution < -0.4 is 0 Å². The van der Waals surface area contributed by atoms with E-state index in [9.17, 15) is 17.6 Å². The van der Waals surface area contributed by atoms with Crippen LogP contribution in [0.2, 0.25) is 5.02 Å². The summed E-state index contributed by atoms with van der Waals surface area (Å²) in [4.78, 5) is 13.8. The fourth-order valence-corrected chi connectivity index (χ4v) is 4.69. The molecule has 1 amide bonds. The summed E-state index contributed by atoms with van der Waals surface area (Å²) < 4.78 is 37.9. The largest absolute Gasteiger partial charge is 0.341 e. The molecule has 1 aliphatic rings. The van der Waals surface area contributed by atoms with Crippen molar-refractivity contribution in [1.82, 2.24) is 4.90 Å². The molecule has 0 spiro atoms. The predicted octanol–water partition coefficient (Wildman–Crippen LogP) is 2.84. The molecule has 0 N–H and O–H groups in total. The molecule has 0 bridgehead atoms. The molecular weight excluding hydrogens is 341 g/mol. The second kappa shape index (κ2) is 6.40. The number of halogens is 2. The maximum absolute atomic E-state index is 13.8. The van der Waals surface area contributed by atoms with Gasteiger partial charge in [-0.05, 0) is 39.3 Å². The highest BCUT2D eigenvalue weighted by atomic mass is 35.5. The van der Waals surface area contributed by atoms with Crippen LogP contribution in [0, 0.1) is 5.82 Å². The fourth-order valence-electron chi connectivity index (χ4n) is 2.67. The molecule has 1 atom stereocenters. The average molecular weight is 362 g/mol. The van der Waals surface area contributed by atoms with Gasteiger partial charge in [-0.3, -0.25) is 4.79 Å². The van der Waals surface area contributed by atoms with Gasteiger partial charge in [0.2, 0.25) is 5.91 Å². The first-order valence-corrected chi connectivity index (χ1v) is 9.40. The van der Waals surface area contributed by atoms with Gasteiger partial charge in [0.05, 0.1) is 16.4 Å². The summed E-state index contributed by atoms with van der Waals surface area (Å²) in [7, 11) is -3.33. The number of carbonyl (C=O) groups excluding carboxylic acids is 1. The van der Waals surface area contributed by atoms with Crippen LogP contribution in [0.3, 0.4) is 0 Å². The number of nitrogens with zero attached hydrogens (tertiary/aromatic N) is 1. The highest BCUT2D eigenvalue weighted by molar-refractivity contribution is 7.93. The molecule has 4 nitrogen and oxygen atoms in total. The van der Waals surface area contributed by atoms with E-state index in [0.717, 1.165) is 0 Å². The molecule has 1 fully saturated rings. The van der Waals surface area contributed by atoms with E-state index in [4.69, 9.17) is 11.6 Å². The van der Waals surface area contributed by atoms with E-state index in [1.165, 1.54) is 23.1 Å². The first-order valence-electron chi connectivity index (χ1n) is 7.48. The van der Waals surface area contributed by atoms with Gasteiger partial charge in [-0.15, -0.1) is 0 Å². The van der Waals surface area contributed by atoms with Crippen molar-refractivity contribution in [1.29, 1.82) is 0 Å². The Morgan fingerprint density at radius 2 is 2.04 bits per heavy atom. The van der Waals surface area contributed by atoms with E-state index in [2.05, 4.69) is 0 Å². The Labute approximate surface area is 141 Å². The normalized spacial score (nSPS) is 19.2. The van der Waals surface area contributed by atoms with Gasteiger partial charge < -0.3 is 4.90 Å². The molecule has 1 saturated heterocycles. The monoisotopic (exact) mass is 361 g/mol. The number of carbonyl (C=O) groups is 1. The molecule has 0 saturated carbocycles. The number of rotatable bonds is 3. The third kappa shape index (κ3) is 3.69. The highest BCUT2D eigenvalue weighted by Crippen LogP contribution is 2.28. The zero-order chi connectivity index (χ0) is 17.4. The molecule has 0 unspecified atom stereocenters. The maximum Gasteiger partial charge on any atom is 0.227 e. The zero-order valence-electron chi connectivity index (χ0n) is 13.5. The standard InChI is InChI=1S/C16H21ClFNO3S/c1-16(2,3)23(21,22)11-7-8-19(10-11)15(20)9-12-13(17)5-4-6-14(12)18/h4-6,11H,7-10H2,1-3H3/t11-/m0/s1. The van der Waals surface area contributed by atoms with Crippen LogP contribution in [0.5, 0.6) is 0 Å². The Hall–Kier alpha value is -1.14. The summed E-state index contributed by atoms with van der Waals surface area (Å²) in [6.45, 7) is 5.50. The molecular formula is C16H21ClFNO3S. The summed E-state index contributed by atoms with van der Waals surface area (Å²) in [5.74, 6) is -0.826. The molecule has 1 aromatic carbocycles.